The number of rotatable bonds is 6. The van der Waals surface area contributed by atoms with Gasteiger partial charge in [-0.25, -0.2) is 0 Å². The average molecular weight is 345 g/mol. The number of benzene rings is 1. The standard InChI is InChI=1S/C20H31N3O2/c1-3-20(4-2)15-18(25-19(20)24)9-10-22-11-13-23(14-12-22)17-7-5-16(21)6-8-17/h5-8,18H,3-4,9-15,21H2,1-2H3/t18-/m1/s1. The number of anilines is 2. The third-order valence-corrected chi connectivity index (χ3v) is 6.08. The lowest BCUT2D eigenvalue weighted by Crippen LogP contribution is -2.47. The van der Waals surface area contributed by atoms with Crippen molar-refractivity contribution in [3.8, 4) is 0 Å². The fourth-order valence-electron chi connectivity index (χ4n) is 4.07. The van der Waals surface area contributed by atoms with E-state index in [0.717, 1.165) is 64.1 Å². The maximum absolute atomic E-state index is 12.2. The van der Waals surface area contributed by atoms with Gasteiger partial charge < -0.3 is 15.4 Å². The van der Waals surface area contributed by atoms with Gasteiger partial charge in [-0.3, -0.25) is 9.69 Å². The van der Waals surface area contributed by atoms with E-state index in [2.05, 4.69) is 35.8 Å². The summed E-state index contributed by atoms with van der Waals surface area (Å²) in [5.41, 5.74) is 7.59. The van der Waals surface area contributed by atoms with Gasteiger partial charge in [0.05, 0.1) is 5.41 Å². The molecule has 1 aromatic carbocycles. The summed E-state index contributed by atoms with van der Waals surface area (Å²) in [5, 5.41) is 0. The molecule has 0 aliphatic carbocycles. The predicted molar refractivity (Wildman–Crippen MR) is 102 cm³/mol. The van der Waals surface area contributed by atoms with Crippen LogP contribution in [0.4, 0.5) is 11.4 Å². The number of cyclic esters (lactones) is 1. The van der Waals surface area contributed by atoms with Crippen LogP contribution in [0, 0.1) is 5.41 Å². The van der Waals surface area contributed by atoms with E-state index in [1.165, 1.54) is 5.69 Å². The van der Waals surface area contributed by atoms with Crippen LogP contribution in [0.1, 0.15) is 39.5 Å². The maximum atomic E-state index is 12.2. The summed E-state index contributed by atoms with van der Waals surface area (Å²) in [6, 6.07) is 8.11. The molecule has 3 rings (SSSR count). The van der Waals surface area contributed by atoms with Crippen molar-refractivity contribution in [1.82, 2.24) is 4.90 Å². The van der Waals surface area contributed by atoms with E-state index in [1.807, 2.05) is 12.1 Å². The zero-order valence-electron chi connectivity index (χ0n) is 15.5. The van der Waals surface area contributed by atoms with Gasteiger partial charge in [-0.05, 0) is 43.5 Å². The first kappa shape index (κ1) is 18.1. The molecule has 138 valence electrons. The first-order chi connectivity index (χ1) is 12.1. The van der Waals surface area contributed by atoms with Crippen LogP contribution in [-0.4, -0.2) is 49.7 Å². The second-order valence-corrected chi connectivity index (χ2v) is 7.43. The molecule has 2 aliphatic rings. The number of nitrogen functional groups attached to an aromatic ring is 1. The van der Waals surface area contributed by atoms with Gasteiger partial charge in [0.2, 0.25) is 0 Å². The Kier molecular flexibility index (Phi) is 5.52. The average Bonchev–Trinajstić information content (AvgIpc) is 2.97. The van der Waals surface area contributed by atoms with Crippen LogP contribution in [0.5, 0.6) is 0 Å². The van der Waals surface area contributed by atoms with Crippen molar-refractivity contribution >= 4 is 17.3 Å². The van der Waals surface area contributed by atoms with E-state index in [4.69, 9.17) is 10.5 Å². The number of hydrogen-bond donors (Lipinski definition) is 1. The summed E-state index contributed by atoms with van der Waals surface area (Å²) in [5.74, 6) is 0.0238. The van der Waals surface area contributed by atoms with Crippen LogP contribution in [0.3, 0.4) is 0 Å². The highest BCUT2D eigenvalue weighted by Crippen LogP contribution is 2.41. The summed E-state index contributed by atoms with van der Waals surface area (Å²) in [7, 11) is 0. The fraction of sp³-hybridized carbons (Fsp3) is 0.650. The number of esters is 1. The molecular weight excluding hydrogens is 314 g/mol. The van der Waals surface area contributed by atoms with Crippen LogP contribution < -0.4 is 10.6 Å². The monoisotopic (exact) mass is 345 g/mol. The number of piperazine rings is 1. The molecular formula is C20H31N3O2. The van der Waals surface area contributed by atoms with Crippen LogP contribution in [0.2, 0.25) is 0 Å². The highest BCUT2D eigenvalue weighted by atomic mass is 16.6. The van der Waals surface area contributed by atoms with Crippen LogP contribution >= 0.6 is 0 Å². The Bertz CT molecular complexity index is 575. The number of nitrogens with two attached hydrogens (primary N) is 1. The molecule has 0 bridgehead atoms. The van der Waals surface area contributed by atoms with Crippen molar-refractivity contribution in [3.63, 3.8) is 0 Å². The van der Waals surface area contributed by atoms with E-state index in [9.17, 15) is 4.79 Å². The molecule has 0 spiro atoms. The second-order valence-electron chi connectivity index (χ2n) is 7.43. The molecule has 5 heteroatoms. The maximum Gasteiger partial charge on any atom is 0.312 e. The largest absolute Gasteiger partial charge is 0.462 e. The minimum Gasteiger partial charge on any atom is -0.462 e. The molecule has 0 radical (unpaired) electrons. The molecule has 2 N–H and O–H groups in total. The quantitative estimate of drug-likeness (QED) is 0.634. The summed E-state index contributed by atoms with van der Waals surface area (Å²) >= 11 is 0. The minimum atomic E-state index is -0.224. The van der Waals surface area contributed by atoms with Crippen molar-refractivity contribution in [2.24, 2.45) is 5.41 Å². The highest BCUT2D eigenvalue weighted by molar-refractivity contribution is 5.78. The third kappa shape index (κ3) is 3.92. The number of hydrogen-bond acceptors (Lipinski definition) is 5. The summed E-state index contributed by atoms with van der Waals surface area (Å²) in [6.07, 6.45) is 3.72. The number of ether oxygens (including phenoxy) is 1. The van der Waals surface area contributed by atoms with E-state index < -0.39 is 0 Å². The lowest BCUT2D eigenvalue weighted by Gasteiger charge is -2.36. The summed E-state index contributed by atoms with van der Waals surface area (Å²) < 4.78 is 5.66. The predicted octanol–water partition coefficient (Wildman–Crippen LogP) is 2.90. The van der Waals surface area contributed by atoms with E-state index in [-0.39, 0.29) is 17.5 Å². The Hall–Kier alpha value is -1.75. The lowest BCUT2D eigenvalue weighted by molar-refractivity contribution is -0.149. The molecule has 2 aliphatic heterocycles. The molecule has 1 aromatic rings. The molecule has 2 heterocycles. The minimum absolute atomic E-state index is 0.0238. The van der Waals surface area contributed by atoms with Gasteiger partial charge in [-0.1, -0.05) is 13.8 Å². The van der Waals surface area contributed by atoms with Crippen molar-refractivity contribution in [1.29, 1.82) is 0 Å². The van der Waals surface area contributed by atoms with Crippen molar-refractivity contribution < 1.29 is 9.53 Å². The van der Waals surface area contributed by atoms with Crippen LogP contribution in [-0.2, 0) is 9.53 Å². The molecule has 0 saturated carbocycles. The van der Waals surface area contributed by atoms with Gasteiger partial charge in [-0.15, -0.1) is 0 Å². The van der Waals surface area contributed by atoms with Crippen molar-refractivity contribution in [2.75, 3.05) is 43.4 Å². The van der Waals surface area contributed by atoms with Gasteiger partial charge >= 0.3 is 5.97 Å². The number of carbonyl (C=O) groups is 1. The Labute approximate surface area is 151 Å². The van der Waals surface area contributed by atoms with Gasteiger partial charge in [-0.2, -0.15) is 0 Å². The molecule has 2 fully saturated rings. The van der Waals surface area contributed by atoms with Crippen LogP contribution in [0.15, 0.2) is 24.3 Å². The first-order valence-corrected chi connectivity index (χ1v) is 9.60. The molecule has 2 saturated heterocycles. The second kappa shape index (κ2) is 7.65. The molecule has 0 aromatic heterocycles. The van der Waals surface area contributed by atoms with E-state index in [0.29, 0.717) is 0 Å². The molecule has 0 amide bonds. The Morgan fingerprint density at radius 3 is 2.32 bits per heavy atom. The Balaban J connectivity index is 1.44. The molecule has 5 nitrogen and oxygen atoms in total. The van der Waals surface area contributed by atoms with E-state index >= 15 is 0 Å². The fourth-order valence-corrected chi connectivity index (χ4v) is 4.07. The number of nitrogens with zero attached hydrogens (tertiary/aromatic N) is 2. The third-order valence-electron chi connectivity index (χ3n) is 6.08. The van der Waals surface area contributed by atoms with Gasteiger partial charge in [0.15, 0.2) is 0 Å². The summed E-state index contributed by atoms with van der Waals surface area (Å²) in [4.78, 5) is 17.1. The Morgan fingerprint density at radius 1 is 1.12 bits per heavy atom. The van der Waals surface area contributed by atoms with Gasteiger partial charge in [0.25, 0.3) is 0 Å². The molecule has 0 unspecified atom stereocenters. The smallest absolute Gasteiger partial charge is 0.312 e. The Morgan fingerprint density at radius 2 is 1.76 bits per heavy atom. The van der Waals surface area contributed by atoms with E-state index in [1.54, 1.807) is 0 Å². The van der Waals surface area contributed by atoms with Crippen LogP contribution in [0.25, 0.3) is 0 Å². The molecule has 1 atom stereocenters. The topological polar surface area (TPSA) is 58.8 Å². The zero-order chi connectivity index (χ0) is 17.9. The summed E-state index contributed by atoms with van der Waals surface area (Å²) in [6.45, 7) is 9.38. The van der Waals surface area contributed by atoms with Crippen molar-refractivity contribution in [2.45, 2.75) is 45.6 Å². The zero-order valence-corrected chi connectivity index (χ0v) is 15.5. The van der Waals surface area contributed by atoms with Crippen molar-refractivity contribution in [3.05, 3.63) is 24.3 Å². The van der Waals surface area contributed by atoms with Gasteiger partial charge in [0.1, 0.15) is 6.10 Å². The SMILES string of the molecule is CCC1(CC)C[C@@H](CCN2CCN(c3ccc(N)cc3)CC2)OC1=O. The highest BCUT2D eigenvalue weighted by Gasteiger charge is 2.46. The molecule has 25 heavy (non-hydrogen) atoms. The first-order valence-electron chi connectivity index (χ1n) is 9.60. The van der Waals surface area contributed by atoms with Gasteiger partial charge in [0, 0.05) is 50.5 Å². The number of carbonyl (C=O) groups excluding carboxylic acids is 1. The lowest BCUT2D eigenvalue weighted by atomic mass is 9.79. The normalized spacial score (nSPS) is 23.7.